The van der Waals surface area contributed by atoms with Gasteiger partial charge in [-0.2, -0.15) is 0 Å². The average Bonchev–Trinajstić information content (AvgIpc) is 3.34. The van der Waals surface area contributed by atoms with Gasteiger partial charge in [0.05, 0.1) is 26.3 Å². The molecule has 1 N–H and O–H groups in total. The average molecular weight is 523 g/mol. The molecule has 0 aliphatic carbocycles. The number of aromatic nitrogens is 2. The molecule has 0 saturated heterocycles. The minimum Gasteiger partial charge on any atom is -0.493 e. The zero-order valence-electron chi connectivity index (χ0n) is 16.9. The van der Waals surface area contributed by atoms with Crippen molar-refractivity contribution in [1.82, 2.24) is 14.7 Å². The second kappa shape index (κ2) is 10.2. The molecule has 31 heavy (non-hydrogen) atoms. The first-order chi connectivity index (χ1) is 14.6. The SMILES string of the molecule is COc1ccc(-c2cn3c(CC(=O)NCc4cccc(Br)c4)csc3n2)cc1OC.Cl. The zero-order valence-corrected chi connectivity index (χ0v) is 20.1. The summed E-state index contributed by atoms with van der Waals surface area (Å²) in [5, 5.41) is 4.95. The van der Waals surface area contributed by atoms with E-state index in [1.54, 1.807) is 14.2 Å². The smallest absolute Gasteiger partial charge is 0.226 e. The Labute approximate surface area is 198 Å². The number of hydrogen-bond donors (Lipinski definition) is 1. The molecule has 6 nitrogen and oxygen atoms in total. The lowest BCUT2D eigenvalue weighted by molar-refractivity contribution is -0.120. The fourth-order valence-electron chi connectivity index (χ4n) is 3.17. The first-order valence-electron chi connectivity index (χ1n) is 9.26. The molecule has 1 amide bonds. The molecule has 4 rings (SSSR count). The summed E-state index contributed by atoms with van der Waals surface area (Å²) in [6.07, 6.45) is 2.24. The van der Waals surface area contributed by atoms with Gasteiger partial charge in [-0.25, -0.2) is 4.98 Å². The van der Waals surface area contributed by atoms with Crippen molar-refractivity contribution in [1.29, 1.82) is 0 Å². The highest BCUT2D eigenvalue weighted by atomic mass is 79.9. The number of nitrogens with one attached hydrogen (secondary N) is 1. The van der Waals surface area contributed by atoms with Gasteiger partial charge in [0.2, 0.25) is 5.91 Å². The third-order valence-corrected chi connectivity index (χ3v) is 6.07. The maximum Gasteiger partial charge on any atom is 0.226 e. The maximum atomic E-state index is 12.5. The van der Waals surface area contributed by atoms with E-state index in [0.717, 1.165) is 31.9 Å². The molecule has 162 valence electrons. The van der Waals surface area contributed by atoms with E-state index in [2.05, 4.69) is 21.2 Å². The van der Waals surface area contributed by atoms with Gasteiger partial charge in [0.25, 0.3) is 0 Å². The first-order valence-corrected chi connectivity index (χ1v) is 10.9. The molecule has 0 aliphatic heterocycles. The minimum absolute atomic E-state index is 0. The second-order valence-corrected chi connectivity index (χ2v) is 8.41. The summed E-state index contributed by atoms with van der Waals surface area (Å²) in [6, 6.07) is 13.6. The number of nitrogens with zero attached hydrogens (tertiary/aromatic N) is 2. The standard InChI is InChI=1S/C22H20BrN3O3S.ClH/c1-28-19-7-6-15(9-20(19)29-2)18-12-26-17(13-30-22(26)25-18)10-21(27)24-11-14-4-3-5-16(23)8-14;/h3-9,12-13H,10-11H2,1-2H3,(H,24,27);1H. The molecule has 9 heteroatoms. The van der Waals surface area contributed by atoms with Crippen LogP contribution in [0, 0.1) is 0 Å². The molecular formula is C22H21BrClN3O3S. The largest absolute Gasteiger partial charge is 0.493 e. The van der Waals surface area contributed by atoms with Crippen molar-refractivity contribution >= 4 is 50.5 Å². The van der Waals surface area contributed by atoms with Crippen LogP contribution in [0.2, 0.25) is 0 Å². The zero-order chi connectivity index (χ0) is 21.1. The molecule has 0 saturated carbocycles. The number of thiazole rings is 1. The Morgan fingerprint density at radius 3 is 2.71 bits per heavy atom. The van der Waals surface area contributed by atoms with Crippen molar-refractivity contribution < 1.29 is 14.3 Å². The van der Waals surface area contributed by atoms with Crippen LogP contribution in [-0.4, -0.2) is 29.5 Å². The Balaban J connectivity index is 0.00000272. The number of halogens is 2. The Hall–Kier alpha value is -2.55. The molecule has 2 heterocycles. The van der Waals surface area contributed by atoms with E-state index in [4.69, 9.17) is 14.5 Å². The van der Waals surface area contributed by atoms with Crippen molar-refractivity contribution in [3.05, 3.63) is 69.8 Å². The molecule has 2 aromatic heterocycles. The van der Waals surface area contributed by atoms with Gasteiger partial charge in [-0.05, 0) is 35.9 Å². The molecule has 0 radical (unpaired) electrons. The summed E-state index contributed by atoms with van der Waals surface area (Å²) in [5.74, 6) is 1.29. The predicted octanol–water partition coefficient (Wildman–Crippen LogP) is 5.12. The number of imidazole rings is 1. The van der Waals surface area contributed by atoms with E-state index in [9.17, 15) is 4.79 Å². The normalized spacial score (nSPS) is 10.5. The number of carbonyl (C=O) groups is 1. The Morgan fingerprint density at radius 2 is 1.97 bits per heavy atom. The number of benzene rings is 2. The van der Waals surface area contributed by atoms with Crippen LogP contribution in [0.15, 0.2) is 58.5 Å². The van der Waals surface area contributed by atoms with E-state index in [-0.39, 0.29) is 24.7 Å². The lowest BCUT2D eigenvalue weighted by Crippen LogP contribution is -2.24. The molecule has 0 spiro atoms. The summed E-state index contributed by atoms with van der Waals surface area (Å²) in [5.41, 5.74) is 3.69. The lowest BCUT2D eigenvalue weighted by atomic mass is 10.1. The highest BCUT2D eigenvalue weighted by molar-refractivity contribution is 9.10. The van der Waals surface area contributed by atoms with Gasteiger partial charge in [0.15, 0.2) is 16.5 Å². The second-order valence-electron chi connectivity index (χ2n) is 6.66. The van der Waals surface area contributed by atoms with Crippen LogP contribution < -0.4 is 14.8 Å². The number of hydrogen-bond acceptors (Lipinski definition) is 5. The number of ether oxygens (including phenoxy) is 2. The fourth-order valence-corrected chi connectivity index (χ4v) is 4.49. The van der Waals surface area contributed by atoms with Crippen LogP contribution in [0.4, 0.5) is 0 Å². The van der Waals surface area contributed by atoms with E-state index in [1.807, 2.05) is 58.4 Å². The van der Waals surface area contributed by atoms with Crippen molar-refractivity contribution in [3.63, 3.8) is 0 Å². The Kier molecular flexibility index (Phi) is 7.59. The summed E-state index contributed by atoms with van der Waals surface area (Å²) in [4.78, 5) is 18.0. The highest BCUT2D eigenvalue weighted by Gasteiger charge is 2.14. The van der Waals surface area contributed by atoms with Gasteiger partial charge < -0.3 is 14.8 Å². The van der Waals surface area contributed by atoms with Crippen molar-refractivity contribution in [2.45, 2.75) is 13.0 Å². The summed E-state index contributed by atoms with van der Waals surface area (Å²) in [6.45, 7) is 0.492. The number of amides is 1. The first kappa shape index (κ1) is 23.1. The van der Waals surface area contributed by atoms with Crippen LogP contribution in [0.1, 0.15) is 11.3 Å². The van der Waals surface area contributed by atoms with E-state index in [1.165, 1.54) is 11.3 Å². The minimum atomic E-state index is -0.0314. The highest BCUT2D eigenvalue weighted by Crippen LogP contribution is 2.32. The molecule has 0 unspecified atom stereocenters. The van der Waals surface area contributed by atoms with Crippen LogP contribution in [0.3, 0.4) is 0 Å². The summed E-state index contributed by atoms with van der Waals surface area (Å²) < 4.78 is 13.7. The molecule has 0 fully saturated rings. The number of fused-ring (bicyclic) bond motifs is 1. The monoisotopic (exact) mass is 521 g/mol. The predicted molar refractivity (Wildman–Crippen MR) is 129 cm³/mol. The van der Waals surface area contributed by atoms with Crippen molar-refractivity contribution in [2.75, 3.05) is 14.2 Å². The van der Waals surface area contributed by atoms with Gasteiger partial charge in [0.1, 0.15) is 0 Å². The van der Waals surface area contributed by atoms with Gasteiger partial charge in [0, 0.05) is 33.9 Å². The number of carbonyl (C=O) groups excluding carboxylic acids is 1. The van der Waals surface area contributed by atoms with Gasteiger partial charge in [-0.3, -0.25) is 9.20 Å². The maximum absolute atomic E-state index is 12.5. The molecule has 4 aromatic rings. The lowest BCUT2D eigenvalue weighted by Gasteiger charge is -2.08. The van der Waals surface area contributed by atoms with Crippen molar-refractivity contribution in [3.8, 4) is 22.8 Å². The fraction of sp³-hybridized carbons (Fsp3) is 0.182. The Morgan fingerprint density at radius 1 is 1.16 bits per heavy atom. The van der Waals surface area contributed by atoms with Crippen molar-refractivity contribution in [2.24, 2.45) is 0 Å². The third-order valence-electron chi connectivity index (χ3n) is 4.68. The van der Waals surface area contributed by atoms with E-state index in [0.29, 0.717) is 18.0 Å². The Bertz CT molecular complexity index is 1210. The van der Waals surface area contributed by atoms with Crippen LogP contribution in [0.5, 0.6) is 11.5 Å². The summed E-state index contributed by atoms with van der Waals surface area (Å²) in [7, 11) is 3.22. The molecular weight excluding hydrogens is 502 g/mol. The van der Waals surface area contributed by atoms with Gasteiger partial charge in [-0.15, -0.1) is 23.7 Å². The van der Waals surface area contributed by atoms with Crippen LogP contribution in [0.25, 0.3) is 16.2 Å². The topological polar surface area (TPSA) is 64.9 Å². The van der Waals surface area contributed by atoms with Gasteiger partial charge in [-0.1, -0.05) is 28.1 Å². The van der Waals surface area contributed by atoms with Crippen LogP contribution >= 0.6 is 39.7 Å². The molecule has 0 bridgehead atoms. The quantitative estimate of drug-likeness (QED) is 0.366. The number of rotatable bonds is 7. The molecule has 0 atom stereocenters. The van der Waals surface area contributed by atoms with Gasteiger partial charge >= 0.3 is 0 Å². The summed E-state index contributed by atoms with van der Waals surface area (Å²) >= 11 is 4.96. The third kappa shape index (κ3) is 5.20. The molecule has 2 aromatic carbocycles. The number of methoxy groups -OCH3 is 2. The van der Waals surface area contributed by atoms with E-state index < -0.39 is 0 Å². The van der Waals surface area contributed by atoms with Crippen LogP contribution in [-0.2, 0) is 17.8 Å². The van der Waals surface area contributed by atoms with E-state index >= 15 is 0 Å². The molecule has 0 aliphatic rings.